The molecule has 1 aliphatic heterocycles. The molecule has 0 atom stereocenters. The lowest BCUT2D eigenvalue weighted by Gasteiger charge is -2.23. The lowest BCUT2D eigenvalue weighted by atomic mass is 9.97. The molecule has 0 bridgehead atoms. The van der Waals surface area contributed by atoms with Crippen molar-refractivity contribution >= 4 is 15.8 Å². The average molecular weight is 365 g/mol. The molecule has 1 aromatic heterocycles. The fourth-order valence-corrected chi connectivity index (χ4v) is 4.07. The third-order valence-electron chi connectivity index (χ3n) is 4.33. The zero-order valence-corrected chi connectivity index (χ0v) is 15.3. The van der Waals surface area contributed by atoms with E-state index in [4.69, 9.17) is 14.2 Å². The molecule has 1 aliphatic rings. The molecule has 0 amide bonds. The predicted molar refractivity (Wildman–Crippen MR) is 91.1 cm³/mol. The van der Waals surface area contributed by atoms with Gasteiger partial charge >= 0.3 is 5.97 Å². The Morgan fingerprint density at radius 3 is 2.28 bits per heavy atom. The summed E-state index contributed by atoms with van der Waals surface area (Å²) in [7, 11) is 0.793. The van der Waals surface area contributed by atoms with Crippen molar-refractivity contribution in [2.45, 2.75) is 17.9 Å². The van der Waals surface area contributed by atoms with Crippen molar-refractivity contribution in [3.63, 3.8) is 0 Å². The van der Waals surface area contributed by atoms with Crippen LogP contribution in [0.15, 0.2) is 23.1 Å². The molecule has 0 radical (unpaired) electrons. The SMILES string of the molecule is COC(=O)c1cc(S(C)(=O)=O)c2n1CCc1cc(OC)c(OC)cc1-2. The highest BCUT2D eigenvalue weighted by molar-refractivity contribution is 7.90. The van der Waals surface area contributed by atoms with Crippen LogP contribution in [0.3, 0.4) is 0 Å². The van der Waals surface area contributed by atoms with Gasteiger partial charge in [0.2, 0.25) is 0 Å². The molecule has 2 heterocycles. The standard InChI is InChI=1S/C17H19NO6S/c1-22-13-7-10-5-6-18-12(17(19)24-3)9-15(25(4,20)21)16(18)11(10)8-14(13)23-2/h7-9H,5-6H2,1-4H3. The molecular formula is C17H19NO6S. The fourth-order valence-electron chi connectivity index (χ4n) is 3.17. The Bertz CT molecular complexity index is 958. The van der Waals surface area contributed by atoms with Gasteiger partial charge in [0, 0.05) is 18.4 Å². The maximum absolute atomic E-state index is 12.3. The maximum atomic E-state index is 12.3. The summed E-state index contributed by atoms with van der Waals surface area (Å²) in [5.41, 5.74) is 2.34. The van der Waals surface area contributed by atoms with Gasteiger partial charge in [-0.1, -0.05) is 0 Å². The van der Waals surface area contributed by atoms with Gasteiger partial charge in [0.15, 0.2) is 21.3 Å². The number of fused-ring (bicyclic) bond motifs is 3. The Labute approximate surface area is 146 Å². The lowest BCUT2D eigenvalue weighted by Crippen LogP contribution is -2.17. The molecule has 0 fully saturated rings. The van der Waals surface area contributed by atoms with Gasteiger partial charge in [0.25, 0.3) is 0 Å². The van der Waals surface area contributed by atoms with Crippen molar-refractivity contribution in [2.75, 3.05) is 27.6 Å². The lowest BCUT2D eigenvalue weighted by molar-refractivity contribution is 0.0588. The summed E-state index contributed by atoms with van der Waals surface area (Å²) in [6.45, 7) is 0.470. The molecule has 25 heavy (non-hydrogen) atoms. The number of aromatic nitrogens is 1. The molecule has 0 unspecified atom stereocenters. The number of esters is 1. The van der Waals surface area contributed by atoms with Gasteiger partial charge in [-0.05, 0) is 30.2 Å². The van der Waals surface area contributed by atoms with E-state index in [-0.39, 0.29) is 10.6 Å². The van der Waals surface area contributed by atoms with Crippen LogP contribution < -0.4 is 9.47 Å². The van der Waals surface area contributed by atoms with Crippen molar-refractivity contribution in [2.24, 2.45) is 0 Å². The summed E-state index contributed by atoms with van der Waals surface area (Å²) >= 11 is 0. The van der Waals surface area contributed by atoms with Crippen LogP contribution in [-0.2, 0) is 27.5 Å². The molecule has 0 aliphatic carbocycles. The van der Waals surface area contributed by atoms with Crippen LogP contribution in [0.25, 0.3) is 11.3 Å². The quantitative estimate of drug-likeness (QED) is 0.770. The van der Waals surface area contributed by atoms with Crippen LogP contribution in [-0.4, -0.2) is 46.5 Å². The van der Waals surface area contributed by atoms with E-state index >= 15 is 0 Å². The minimum Gasteiger partial charge on any atom is -0.493 e. The number of hydrogen-bond donors (Lipinski definition) is 0. The molecular weight excluding hydrogens is 346 g/mol. The van der Waals surface area contributed by atoms with Crippen LogP contribution in [0, 0.1) is 0 Å². The molecule has 0 spiro atoms. The highest BCUT2D eigenvalue weighted by atomic mass is 32.2. The zero-order chi connectivity index (χ0) is 18.4. The van der Waals surface area contributed by atoms with Crippen LogP contribution >= 0.6 is 0 Å². The van der Waals surface area contributed by atoms with E-state index in [9.17, 15) is 13.2 Å². The van der Waals surface area contributed by atoms with E-state index in [1.807, 2.05) is 6.07 Å². The highest BCUT2D eigenvalue weighted by Gasteiger charge is 2.31. The summed E-state index contributed by atoms with van der Waals surface area (Å²) < 4.78 is 41.7. The molecule has 0 saturated carbocycles. The monoisotopic (exact) mass is 365 g/mol. The normalized spacial score (nSPS) is 13.0. The van der Waals surface area contributed by atoms with Crippen molar-refractivity contribution in [1.29, 1.82) is 0 Å². The first-order valence-electron chi connectivity index (χ1n) is 7.59. The van der Waals surface area contributed by atoms with Crippen LogP contribution in [0.1, 0.15) is 16.1 Å². The molecule has 3 rings (SSSR count). The molecule has 8 heteroatoms. The molecule has 7 nitrogen and oxygen atoms in total. The molecule has 2 aromatic rings. The largest absolute Gasteiger partial charge is 0.493 e. The summed E-state index contributed by atoms with van der Waals surface area (Å²) in [5.74, 6) is 0.505. The first kappa shape index (κ1) is 17.3. The number of methoxy groups -OCH3 is 3. The van der Waals surface area contributed by atoms with Crippen LogP contribution in [0.5, 0.6) is 11.5 Å². The Morgan fingerprint density at radius 1 is 1.08 bits per heavy atom. The van der Waals surface area contributed by atoms with E-state index in [0.717, 1.165) is 11.8 Å². The minimum absolute atomic E-state index is 0.0982. The average Bonchev–Trinajstić information content (AvgIpc) is 3.00. The number of carbonyl (C=O) groups excluding carboxylic acids is 1. The van der Waals surface area contributed by atoms with E-state index in [1.54, 1.807) is 17.7 Å². The summed E-state index contributed by atoms with van der Waals surface area (Å²) in [6, 6.07) is 4.96. The van der Waals surface area contributed by atoms with Gasteiger partial charge in [0.1, 0.15) is 5.69 Å². The number of sulfone groups is 1. The van der Waals surface area contributed by atoms with Crippen molar-refractivity contribution in [1.82, 2.24) is 4.57 Å². The van der Waals surface area contributed by atoms with Crippen molar-refractivity contribution < 1.29 is 27.4 Å². The molecule has 0 saturated heterocycles. The Kier molecular flexibility index (Phi) is 4.24. The van der Waals surface area contributed by atoms with Crippen LogP contribution in [0.4, 0.5) is 0 Å². The maximum Gasteiger partial charge on any atom is 0.354 e. The van der Waals surface area contributed by atoms with Crippen LogP contribution in [0.2, 0.25) is 0 Å². The second-order valence-electron chi connectivity index (χ2n) is 5.77. The topological polar surface area (TPSA) is 83.8 Å². The molecule has 1 aromatic carbocycles. The van der Waals surface area contributed by atoms with E-state index in [1.165, 1.54) is 20.3 Å². The highest BCUT2D eigenvalue weighted by Crippen LogP contribution is 2.42. The van der Waals surface area contributed by atoms with Gasteiger partial charge in [-0.25, -0.2) is 13.2 Å². The number of carbonyl (C=O) groups is 1. The number of hydrogen-bond acceptors (Lipinski definition) is 6. The smallest absolute Gasteiger partial charge is 0.354 e. The van der Waals surface area contributed by atoms with Gasteiger partial charge in [-0.3, -0.25) is 0 Å². The predicted octanol–water partition coefficient (Wildman–Crippen LogP) is 1.92. The van der Waals surface area contributed by atoms with E-state index < -0.39 is 15.8 Å². The number of rotatable bonds is 4. The first-order valence-corrected chi connectivity index (χ1v) is 9.48. The van der Waals surface area contributed by atoms with E-state index in [2.05, 4.69) is 0 Å². The number of aryl methyl sites for hydroxylation is 1. The van der Waals surface area contributed by atoms with Gasteiger partial charge in [0.05, 0.1) is 31.9 Å². The number of nitrogens with zero attached hydrogens (tertiary/aromatic N) is 1. The Balaban J connectivity index is 2.35. The third-order valence-corrected chi connectivity index (χ3v) is 5.44. The van der Waals surface area contributed by atoms with Gasteiger partial charge < -0.3 is 18.8 Å². The Morgan fingerprint density at radius 2 is 1.72 bits per heavy atom. The minimum atomic E-state index is -3.54. The second kappa shape index (κ2) is 6.11. The number of ether oxygens (including phenoxy) is 3. The van der Waals surface area contributed by atoms with Gasteiger partial charge in [-0.2, -0.15) is 0 Å². The second-order valence-corrected chi connectivity index (χ2v) is 7.76. The zero-order valence-electron chi connectivity index (χ0n) is 14.5. The summed E-state index contributed by atoms with van der Waals surface area (Å²) in [5, 5.41) is 0. The summed E-state index contributed by atoms with van der Waals surface area (Å²) in [4.78, 5) is 12.2. The summed E-state index contributed by atoms with van der Waals surface area (Å²) in [6.07, 6.45) is 1.75. The number of benzene rings is 1. The fraction of sp³-hybridized carbons (Fsp3) is 0.353. The molecule has 0 N–H and O–H groups in total. The van der Waals surface area contributed by atoms with Crippen molar-refractivity contribution in [3.8, 4) is 22.8 Å². The molecule has 134 valence electrons. The first-order chi connectivity index (χ1) is 11.8. The third kappa shape index (κ3) is 2.76. The van der Waals surface area contributed by atoms with E-state index in [0.29, 0.717) is 35.7 Å². The van der Waals surface area contributed by atoms with Gasteiger partial charge in [-0.15, -0.1) is 0 Å². The Hall–Kier alpha value is -2.48. The van der Waals surface area contributed by atoms with Crippen molar-refractivity contribution in [3.05, 3.63) is 29.5 Å².